The lowest BCUT2D eigenvalue weighted by atomic mass is 10.0. The predicted octanol–water partition coefficient (Wildman–Crippen LogP) is 6.15. The fraction of sp³-hybridized carbons (Fsp3) is 0.840. The summed E-state index contributed by atoms with van der Waals surface area (Å²) in [6.07, 6.45) is 23.2. The molecule has 0 unspecified atom stereocenters. The number of unbranched alkanes of at least 4 members (excludes halogenated alkanes) is 15. The van der Waals surface area contributed by atoms with Crippen LogP contribution in [0.3, 0.4) is 0 Å². The fourth-order valence-electron chi connectivity index (χ4n) is 3.94. The summed E-state index contributed by atoms with van der Waals surface area (Å²) in [6, 6.07) is 1.65. The molecule has 1 heterocycles. The number of ether oxygens (including phenoxy) is 1. The van der Waals surface area contributed by atoms with Crippen molar-refractivity contribution in [1.82, 2.24) is 9.55 Å². The molecule has 0 aliphatic rings. The molecule has 1 aromatic rings. The summed E-state index contributed by atoms with van der Waals surface area (Å²) in [5, 5.41) is 18.5. The Morgan fingerprint density at radius 1 is 0.935 bits per heavy atom. The predicted molar refractivity (Wildman–Crippen MR) is 128 cm³/mol. The van der Waals surface area contributed by atoms with Crippen LogP contribution in [0.5, 0.6) is 0 Å². The van der Waals surface area contributed by atoms with E-state index in [0.29, 0.717) is 13.2 Å². The summed E-state index contributed by atoms with van der Waals surface area (Å²) in [4.78, 5) is 3.94. The van der Waals surface area contributed by atoms with Crippen molar-refractivity contribution in [1.29, 1.82) is 5.26 Å². The monoisotopic (exact) mass is 434 g/mol. The van der Waals surface area contributed by atoms with Gasteiger partial charge >= 0.3 is 0 Å². The standard InChI is InChI=1S/C25H46N4O2/c1-2-3-4-5-6-7-8-9-10-11-12-13-14-15-16-17-18-31-21-23(20-30)29-22-28-24(19-26)25(29)27/h22-23,30H,2-18,20-21,27H2,1H3/t23-/m0/s1. The van der Waals surface area contributed by atoms with Crippen LogP contribution in [-0.4, -0.2) is 34.5 Å². The van der Waals surface area contributed by atoms with E-state index in [2.05, 4.69) is 11.9 Å². The van der Waals surface area contributed by atoms with Crippen LogP contribution in [0.4, 0.5) is 5.82 Å². The molecule has 178 valence electrons. The highest BCUT2D eigenvalue weighted by atomic mass is 16.5. The van der Waals surface area contributed by atoms with Crippen LogP contribution in [0.2, 0.25) is 0 Å². The molecule has 1 aromatic heterocycles. The van der Waals surface area contributed by atoms with Gasteiger partial charge in [0.05, 0.1) is 25.6 Å². The maximum atomic E-state index is 9.56. The Kier molecular flexibility index (Phi) is 16.9. The van der Waals surface area contributed by atoms with Crippen molar-refractivity contribution in [3.8, 4) is 6.07 Å². The van der Waals surface area contributed by atoms with Crippen LogP contribution >= 0.6 is 0 Å². The van der Waals surface area contributed by atoms with E-state index >= 15 is 0 Å². The van der Waals surface area contributed by atoms with Crippen molar-refractivity contribution in [2.45, 2.75) is 116 Å². The van der Waals surface area contributed by atoms with Gasteiger partial charge in [-0.3, -0.25) is 0 Å². The van der Waals surface area contributed by atoms with E-state index < -0.39 is 0 Å². The van der Waals surface area contributed by atoms with Gasteiger partial charge in [-0.2, -0.15) is 5.26 Å². The molecule has 0 radical (unpaired) electrons. The van der Waals surface area contributed by atoms with Crippen molar-refractivity contribution in [2.24, 2.45) is 0 Å². The number of hydrogen-bond acceptors (Lipinski definition) is 5. The molecule has 6 nitrogen and oxygen atoms in total. The molecule has 3 N–H and O–H groups in total. The molecule has 0 aliphatic carbocycles. The molecule has 31 heavy (non-hydrogen) atoms. The second-order valence-corrected chi connectivity index (χ2v) is 8.71. The maximum Gasteiger partial charge on any atom is 0.182 e. The van der Waals surface area contributed by atoms with E-state index in [0.717, 1.165) is 6.42 Å². The number of nitriles is 1. The van der Waals surface area contributed by atoms with Gasteiger partial charge < -0.3 is 20.1 Å². The van der Waals surface area contributed by atoms with Gasteiger partial charge in [0.25, 0.3) is 0 Å². The fourth-order valence-corrected chi connectivity index (χ4v) is 3.94. The summed E-state index contributed by atoms with van der Waals surface area (Å²) in [5.74, 6) is 0.285. The number of nitrogens with zero attached hydrogens (tertiary/aromatic N) is 3. The second kappa shape index (κ2) is 19.1. The number of hydrogen-bond donors (Lipinski definition) is 2. The van der Waals surface area contributed by atoms with Crippen molar-refractivity contribution >= 4 is 5.82 Å². The molecule has 0 saturated carbocycles. The van der Waals surface area contributed by atoms with E-state index in [9.17, 15) is 5.11 Å². The minimum absolute atomic E-state index is 0.0929. The number of rotatable bonds is 21. The average molecular weight is 435 g/mol. The van der Waals surface area contributed by atoms with E-state index in [1.54, 1.807) is 4.57 Å². The van der Waals surface area contributed by atoms with Crippen LogP contribution < -0.4 is 5.73 Å². The van der Waals surface area contributed by atoms with Crippen LogP contribution in [0.25, 0.3) is 0 Å². The quantitative estimate of drug-likeness (QED) is 0.226. The molecule has 0 saturated heterocycles. The molecular weight excluding hydrogens is 388 g/mol. The molecule has 0 fully saturated rings. The first-order chi connectivity index (χ1) is 15.2. The van der Waals surface area contributed by atoms with Gasteiger partial charge in [0.2, 0.25) is 0 Å². The van der Waals surface area contributed by atoms with Crippen molar-refractivity contribution in [2.75, 3.05) is 25.6 Å². The lowest BCUT2D eigenvalue weighted by Crippen LogP contribution is -2.20. The highest BCUT2D eigenvalue weighted by molar-refractivity contribution is 5.44. The Morgan fingerprint density at radius 2 is 1.42 bits per heavy atom. The molecule has 0 spiro atoms. The normalized spacial score (nSPS) is 12.2. The van der Waals surface area contributed by atoms with Crippen molar-refractivity contribution in [3.63, 3.8) is 0 Å². The zero-order chi connectivity index (χ0) is 22.6. The van der Waals surface area contributed by atoms with Gasteiger partial charge in [0.15, 0.2) is 5.69 Å². The van der Waals surface area contributed by atoms with Crippen LogP contribution in [-0.2, 0) is 4.74 Å². The zero-order valence-electron chi connectivity index (χ0n) is 19.9. The Hall–Kier alpha value is -1.58. The molecule has 0 aliphatic heterocycles. The number of nitrogen functional groups attached to an aromatic ring is 1. The first-order valence-corrected chi connectivity index (χ1v) is 12.7. The lowest BCUT2D eigenvalue weighted by molar-refractivity contribution is 0.0753. The number of aliphatic hydroxyl groups is 1. The van der Waals surface area contributed by atoms with Crippen LogP contribution in [0.15, 0.2) is 6.33 Å². The Morgan fingerprint density at radius 3 is 1.84 bits per heavy atom. The minimum Gasteiger partial charge on any atom is -0.394 e. The Balaban J connectivity index is 1.87. The third kappa shape index (κ3) is 12.8. The van der Waals surface area contributed by atoms with Crippen molar-refractivity contribution in [3.05, 3.63) is 12.0 Å². The van der Waals surface area contributed by atoms with Gasteiger partial charge in [-0.25, -0.2) is 4.98 Å². The first kappa shape index (κ1) is 27.5. The third-order valence-corrected chi connectivity index (χ3v) is 5.99. The van der Waals surface area contributed by atoms with Gasteiger partial charge in [0, 0.05) is 6.61 Å². The summed E-state index contributed by atoms with van der Waals surface area (Å²) in [5.41, 5.74) is 6.06. The first-order valence-electron chi connectivity index (χ1n) is 12.7. The van der Waals surface area contributed by atoms with Gasteiger partial charge in [0.1, 0.15) is 11.9 Å². The highest BCUT2D eigenvalue weighted by Crippen LogP contribution is 2.17. The topological polar surface area (TPSA) is 97.1 Å². The summed E-state index contributed by atoms with van der Waals surface area (Å²) in [7, 11) is 0. The van der Waals surface area contributed by atoms with Gasteiger partial charge in [-0.05, 0) is 6.42 Å². The largest absolute Gasteiger partial charge is 0.394 e. The molecule has 0 amide bonds. The molecule has 0 aromatic carbocycles. The smallest absolute Gasteiger partial charge is 0.182 e. The third-order valence-electron chi connectivity index (χ3n) is 5.99. The maximum absolute atomic E-state index is 9.56. The van der Waals surface area contributed by atoms with Gasteiger partial charge in [-0.15, -0.1) is 0 Å². The van der Waals surface area contributed by atoms with E-state index in [-0.39, 0.29) is 24.2 Å². The number of aromatic nitrogens is 2. The zero-order valence-corrected chi connectivity index (χ0v) is 19.9. The Labute approximate surface area is 190 Å². The highest BCUT2D eigenvalue weighted by Gasteiger charge is 2.15. The van der Waals surface area contributed by atoms with Crippen LogP contribution in [0, 0.1) is 11.3 Å². The Bertz CT molecular complexity index is 583. The average Bonchev–Trinajstić information content (AvgIpc) is 3.15. The van der Waals surface area contributed by atoms with E-state index in [1.807, 2.05) is 6.07 Å². The molecule has 0 bridgehead atoms. The van der Waals surface area contributed by atoms with E-state index in [1.165, 1.54) is 103 Å². The van der Waals surface area contributed by atoms with E-state index in [4.69, 9.17) is 15.7 Å². The molecule has 6 heteroatoms. The number of aliphatic hydroxyl groups excluding tert-OH is 1. The van der Waals surface area contributed by atoms with Crippen LogP contribution in [0.1, 0.15) is 121 Å². The summed E-state index contributed by atoms with van der Waals surface area (Å²) >= 11 is 0. The molecular formula is C25H46N4O2. The SMILES string of the molecule is CCCCCCCCCCCCCCCCCCOC[C@H](CO)n1cnc(C#N)c1N. The van der Waals surface area contributed by atoms with Crippen molar-refractivity contribution < 1.29 is 9.84 Å². The molecule has 1 rings (SSSR count). The molecule has 1 atom stereocenters. The van der Waals surface area contributed by atoms with Gasteiger partial charge in [-0.1, -0.05) is 103 Å². The minimum atomic E-state index is -0.296. The second-order valence-electron chi connectivity index (χ2n) is 8.71. The summed E-state index contributed by atoms with van der Waals surface area (Å²) < 4.78 is 7.33. The number of imidazole rings is 1. The number of anilines is 1. The summed E-state index contributed by atoms with van der Waals surface area (Å²) in [6.45, 7) is 3.25. The lowest BCUT2D eigenvalue weighted by Gasteiger charge is -2.17. The number of nitrogens with two attached hydrogens (primary N) is 1.